The first-order valence-electron chi connectivity index (χ1n) is 0.289. The second-order valence-corrected chi connectivity index (χ2v) is 0. The van der Waals surface area contributed by atoms with Gasteiger partial charge in [-0.1, -0.05) is 0 Å². The number of rotatable bonds is 0. The molecule has 0 aliphatic rings. The molecule has 0 aliphatic heterocycles. The van der Waals surface area contributed by atoms with Gasteiger partial charge < -0.3 is 76.7 Å². The Morgan fingerprint density at radius 1 is 0.833 bits per heavy atom. The second-order valence-electron chi connectivity index (χ2n) is 0. The molecule has 0 heterocycles. The van der Waals surface area contributed by atoms with E-state index in [9.17, 15) is 0 Å². The van der Waals surface area contributed by atoms with Crippen LogP contribution in [0.5, 0.6) is 0 Å². The normalized spacial score (nSPS) is 0.667. The van der Waals surface area contributed by atoms with Gasteiger partial charge in [0.05, 0.1) is 0 Å². The fraction of sp³-hybridized carbons (Fsp3) is 0. The predicted molar refractivity (Wildman–Crippen MR) is 12.9 cm³/mol. The fourth-order valence-electron chi connectivity index (χ4n) is 0. The molecule has 0 radical (unpaired) electrons. The van der Waals surface area contributed by atoms with Crippen LogP contribution < -0.4 is 71.9 Å². The Bertz CT molecular complexity index is 10.8. The van der Waals surface area contributed by atoms with Gasteiger partial charge in [-0.2, -0.15) is 0 Å². The van der Waals surface area contributed by atoms with Crippen LogP contribution in [0.15, 0.2) is 0 Å². The molecule has 0 saturated heterocycles. The summed E-state index contributed by atoms with van der Waals surface area (Å²) in [6.45, 7) is 2.00. The van der Waals surface area contributed by atoms with Crippen LogP contribution in [0.4, 0.5) is 0 Å². The van der Waals surface area contributed by atoms with Gasteiger partial charge in [0.2, 0.25) is 0 Å². The number of carbonyl (C=O) groups is 1. The van der Waals surface area contributed by atoms with Crippen molar-refractivity contribution in [3.8, 4) is 0 Å². The summed E-state index contributed by atoms with van der Waals surface area (Å²) >= 11 is 0. The zero-order valence-electron chi connectivity index (χ0n) is 2.83. The van der Waals surface area contributed by atoms with Crippen molar-refractivity contribution >= 4 is 24.2 Å². The van der Waals surface area contributed by atoms with E-state index < -0.39 is 0 Å². The molecule has 1 nitrogen and oxygen atoms in total. The summed E-state index contributed by atoms with van der Waals surface area (Å²) in [7, 11) is 0. The Morgan fingerprint density at radius 3 is 0.833 bits per heavy atom. The molecule has 0 rings (SSSR count). The van der Waals surface area contributed by atoms with Crippen LogP contribution in [0, 0.1) is 0 Å². The Labute approximate surface area is 99.2 Å². The SMILES string of the molecule is C=O.[Al+3].[I-].[I-].[I-]. The minimum absolute atomic E-state index is 0. The van der Waals surface area contributed by atoms with Crippen molar-refractivity contribution in [1.29, 1.82) is 0 Å². The van der Waals surface area contributed by atoms with E-state index in [0.717, 1.165) is 0 Å². The van der Waals surface area contributed by atoms with Crippen molar-refractivity contribution in [2.45, 2.75) is 0 Å². The van der Waals surface area contributed by atoms with Crippen LogP contribution in [0.3, 0.4) is 0 Å². The number of carbonyl (C=O) groups excluding carboxylic acids is 1. The van der Waals surface area contributed by atoms with Crippen LogP contribution in [0.2, 0.25) is 0 Å². The largest absolute Gasteiger partial charge is 3.00 e. The maximum absolute atomic E-state index is 8.00. The van der Waals surface area contributed by atoms with E-state index in [0.29, 0.717) is 0 Å². The van der Waals surface area contributed by atoms with Crippen molar-refractivity contribution in [3.63, 3.8) is 0 Å². The minimum Gasteiger partial charge on any atom is -1.00 e. The van der Waals surface area contributed by atoms with Gasteiger partial charge in [0.25, 0.3) is 0 Å². The summed E-state index contributed by atoms with van der Waals surface area (Å²) in [5.41, 5.74) is 0. The molecule has 0 aromatic rings. The molecule has 0 aromatic carbocycles. The van der Waals surface area contributed by atoms with Crippen LogP contribution in [-0.4, -0.2) is 24.2 Å². The third kappa shape index (κ3) is 32.5. The number of hydrogen-bond donors (Lipinski definition) is 0. The molecule has 36 valence electrons. The minimum atomic E-state index is 0. The first-order chi connectivity index (χ1) is 1.00. The van der Waals surface area contributed by atoms with Gasteiger partial charge in [-0.05, 0) is 0 Å². The molecular formula is CH2AlI3O. The monoisotopic (exact) mass is 438 g/mol. The van der Waals surface area contributed by atoms with Crippen LogP contribution >= 0.6 is 0 Å². The van der Waals surface area contributed by atoms with Crippen LogP contribution in [0.1, 0.15) is 0 Å². The Kier molecular flexibility index (Phi) is 351. The van der Waals surface area contributed by atoms with E-state index in [1.165, 1.54) is 0 Å². The Balaban J connectivity index is -0.000000000833. The Hall–Kier alpha value is 2.39. The predicted octanol–water partition coefficient (Wildman–Crippen LogP) is -9.55. The molecule has 0 bridgehead atoms. The Morgan fingerprint density at radius 2 is 0.833 bits per heavy atom. The van der Waals surface area contributed by atoms with Crippen molar-refractivity contribution in [2.75, 3.05) is 0 Å². The van der Waals surface area contributed by atoms with Crippen molar-refractivity contribution in [1.82, 2.24) is 0 Å². The maximum atomic E-state index is 8.00. The zero-order valence-corrected chi connectivity index (χ0v) is 10.5. The third-order valence-electron chi connectivity index (χ3n) is 0. The van der Waals surface area contributed by atoms with Gasteiger partial charge >= 0.3 is 17.4 Å². The second kappa shape index (κ2) is 52.8. The van der Waals surface area contributed by atoms with Gasteiger partial charge in [-0.25, -0.2) is 0 Å². The number of halogens is 3. The van der Waals surface area contributed by atoms with Crippen LogP contribution in [-0.2, 0) is 4.79 Å². The van der Waals surface area contributed by atoms with E-state index in [4.69, 9.17) is 4.79 Å². The molecule has 0 amide bonds. The van der Waals surface area contributed by atoms with E-state index >= 15 is 0 Å². The van der Waals surface area contributed by atoms with Crippen LogP contribution in [0.25, 0.3) is 0 Å². The summed E-state index contributed by atoms with van der Waals surface area (Å²) in [5.74, 6) is 0. The average molecular weight is 438 g/mol. The molecule has 0 atom stereocenters. The van der Waals surface area contributed by atoms with Crippen molar-refractivity contribution < 1.29 is 76.7 Å². The summed E-state index contributed by atoms with van der Waals surface area (Å²) in [6.07, 6.45) is 0. The van der Waals surface area contributed by atoms with E-state index in [2.05, 4.69) is 0 Å². The molecule has 0 N–H and O–H groups in total. The summed E-state index contributed by atoms with van der Waals surface area (Å²) in [6, 6.07) is 0. The fourth-order valence-corrected chi connectivity index (χ4v) is 0. The maximum Gasteiger partial charge on any atom is 3.00 e. The molecular weight excluding hydrogens is 436 g/mol. The first kappa shape index (κ1) is 39.9. The molecule has 0 fully saturated rings. The summed E-state index contributed by atoms with van der Waals surface area (Å²) < 4.78 is 0. The molecule has 0 spiro atoms. The smallest absolute Gasteiger partial charge is 1.00 e. The van der Waals surface area contributed by atoms with Gasteiger partial charge in [-0.15, -0.1) is 0 Å². The van der Waals surface area contributed by atoms with Gasteiger partial charge in [0, 0.05) is 0 Å². The topological polar surface area (TPSA) is 17.1 Å². The van der Waals surface area contributed by atoms with E-state index in [1.54, 1.807) is 0 Å². The zero-order chi connectivity index (χ0) is 2.00. The molecule has 5 heteroatoms. The molecule has 0 aliphatic carbocycles. The van der Waals surface area contributed by atoms with Gasteiger partial charge in [0.15, 0.2) is 0 Å². The molecule has 0 saturated carbocycles. The van der Waals surface area contributed by atoms with E-state index in [-0.39, 0.29) is 89.3 Å². The third-order valence-corrected chi connectivity index (χ3v) is 0. The molecule has 6 heavy (non-hydrogen) atoms. The summed E-state index contributed by atoms with van der Waals surface area (Å²) in [5, 5.41) is 0. The average Bonchev–Trinajstić information content (AvgIpc) is 1.00. The van der Waals surface area contributed by atoms with Gasteiger partial charge in [0.1, 0.15) is 6.79 Å². The van der Waals surface area contributed by atoms with Gasteiger partial charge in [-0.3, -0.25) is 0 Å². The van der Waals surface area contributed by atoms with E-state index in [1.807, 2.05) is 6.79 Å². The molecule has 0 unspecified atom stereocenters. The summed E-state index contributed by atoms with van der Waals surface area (Å²) in [4.78, 5) is 8.00. The standard InChI is InChI=1S/CH2O.Al.3HI/c1-2;;;;/h1H2;;3*1H/q;+3;;;/p-3. The van der Waals surface area contributed by atoms with Crippen molar-refractivity contribution in [2.24, 2.45) is 0 Å². The van der Waals surface area contributed by atoms with Crippen molar-refractivity contribution in [3.05, 3.63) is 0 Å². The molecule has 0 aromatic heterocycles. The first-order valence-corrected chi connectivity index (χ1v) is 0.289. The number of hydrogen-bond acceptors (Lipinski definition) is 1. The quantitative estimate of drug-likeness (QED) is 0.272.